The van der Waals surface area contributed by atoms with Gasteiger partial charge in [-0.25, -0.2) is 0 Å². The van der Waals surface area contributed by atoms with Crippen molar-refractivity contribution in [2.24, 2.45) is 0 Å². The number of carbonyl (C=O) groups excluding carboxylic acids is 1. The van der Waals surface area contributed by atoms with E-state index in [4.69, 9.17) is 11.6 Å². The lowest BCUT2D eigenvalue weighted by Crippen LogP contribution is -2.31. The molecule has 1 aromatic rings. The Morgan fingerprint density at radius 3 is 2.73 bits per heavy atom. The number of nitrogens with one attached hydrogen (secondary N) is 1. The average Bonchev–Trinajstić information content (AvgIpc) is 2.20. The third kappa shape index (κ3) is 3.92. The van der Waals surface area contributed by atoms with E-state index in [2.05, 4.69) is 24.4 Å². The maximum atomic E-state index is 11.2. The van der Waals surface area contributed by atoms with Gasteiger partial charge in [-0.05, 0) is 31.4 Å². The molecule has 1 atom stereocenters. The van der Waals surface area contributed by atoms with Gasteiger partial charge in [0.1, 0.15) is 5.38 Å². The number of hydrogen-bond donors (Lipinski definition) is 1. The van der Waals surface area contributed by atoms with Gasteiger partial charge in [0.15, 0.2) is 0 Å². The number of carbonyl (C=O) groups is 1. The minimum Gasteiger partial charge on any atom is -0.354 e. The van der Waals surface area contributed by atoms with Crippen LogP contribution in [0.3, 0.4) is 0 Å². The molecule has 0 bridgehead atoms. The zero-order chi connectivity index (χ0) is 11.3. The van der Waals surface area contributed by atoms with Gasteiger partial charge >= 0.3 is 0 Å². The lowest BCUT2D eigenvalue weighted by Gasteiger charge is -2.08. The fourth-order valence-corrected chi connectivity index (χ4v) is 1.43. The van der Waals surface area contributed by atoms with Crippen LogP contribution >= 0.6 is 11.6 Å². The molecule has 0 fully saturated rings. The Morgan fingerprint density at radius 2 is 2.13 bits per heavy atom. The zero-order valence-corrected chi connectivity index (χ0v) is 9.84. The van der Waals surface area contributed by atoms with Crippen molar-refractivity contribution in [1.29, 1.82) is 0 Å². The Morgan fingerprint density at radius 1 is 1.47 bits per heavy atom. The molecule has 0 spiro atoms. The lowest BCUT2D eigenvalue weighted by molar-refractivity contribution is -0.120. The molecule has 2 nitrogen and oxygen atoms in total. The molecule has 1 aromatic carbocycles. The quantitative estimate of drug-likeness (QED) is 0.783. The molecular weight excluding hydrogens is 210 g/mol. The van der Waals surface area contributed by atoms with Crippen LogP contribution in [0.4, 0.5) is 0 Å². The van der Waals surface area contributed by atoms with E-state index in [9.17, 15) is 4.79 Å². The molecule has 0 aliphatic heterocycles. The van der Waals surface area contributed by atoms with Crippen molar-refractivity contribution in [2.75, 3.05) is 6.54 Å². The summed E-state index contributed by atoms with van der Waals surface area (Å²) in [6.07, 6.45) is 0.849. The van der Waals surface area contributed by atoms with Gasteiger partial charge in [-0.15, -0.1) is 11.6 Å². The number of rotatable bonds is 4. The predicted octanol–water partition coefficient (Wildman–Crippen LogP) is 2.28. The van der Waals surface area contributed by atoms with Crippen LogP contribution in [-0.2, 0) is 11.2 Å². The Kier molecular flexibility index (Phi) is 4.63. The maximum Gasteiger partial charge on any atom is 0.237 e. The molecule has 3 heteroatoms. The number of alkyl halides is 1. The lowest BCUT2D eigenvalue weighted by atomic mass is 10.1. The first-order valence-electron chi connectivity index (χ1n) is 5.07. The predicted molar refractivity (Wildman–Crippen MR) is 63.2 cm³/mol. The van der Waals surface area contributed by atoms with Crippen LogP contribution < -0.4 is 5.32 Å². The summed E-state index contributed by atoms with van der Waals surface area (Å²) in [6.45, 7) is 4.38. The molecular formula is C12H16ClNO. The Hall–Kier alpha value is -1.02. The van der Waals surface area contributed by atoms with Crippen molar-refractivity contribution < 1.29 is 4.79 Å². The summed E-state index contributed by atoms with van der Waals surface area (Å²) >= 11 is 5.63. The van der Waals surface area contributed by atoms with E-state index >= 15 is 0 Å². The molecule has 1 N–H and O–H groups in total. The molecule has 82 valence electrons. The van der Waals surface area contributed by atoms with Crippen molar-refractivity contribution in [3.05, 3.63) is 35.4 Å². The number of aryl methyl sites for hydroxylation is 1. The maximum absolute atomic E-state index is 11.2. The van der Waals surface area contributed by atoms with Gasteiger partial charge in [0, 0.05) is 6.54 Å². The van der Waals surface area contributed by atoms with E-state index in [1.54, 1.807) is 6.92 Å². The first kappa shape index (κ1) is 12.1. The summed E-state index contributed by atoms with van der Waals surface area (Å²) in [7, 11) is 0. The van der Waals surface area contributed by atoms with Gasteiger partial charge in [0.25, 0.3) is 0 Å². The molecule has 1 rings (SSSR count). The van der Waals surface area contributed by atoms with Crippen LogP contribution in [0.2, 0.25) is 0 Å². The molecule has 0 radical (unpaired) electrons. The summed E-state index contributed by atoms with van der Waals surface area (Å²) in [5, 5.41) is 2.33. The first-order valence-corrected chi connectivity index (χ1v) is 5.51. The second-order valence-electron chi connectivity index (χ2n) is 3.58. The third-order valence-electron chi connectivity index (χ3n) is 2.32. The minimum atomic E-state index is -0.457. The van der Waals surface area contributed by atoms with E-state index in [0.29, 0.717) is 6.54 Å². The summed E-state index contributed by atoms with van der Waals surface area (Å²) in [6, 6.07) is 8.17. The second kappa shape index (κ2) is 5.76. The highest BCUT2D eigenvalue weighted by Crippen LogP contribution is 2.06. The molecule has 0 aromatic heterocycles. The van der Waals surface area contributed by atoms with E-state index < -0.39 is 5.38 Å². The SMILES string of the molecule is Cc1ccccc1CCNC(=O)C(C)Cl. The molecule has 0 saturated heterocycles. The molecule has 0 aliphatic carbocycles. The van der Waals surface area contributed by atoms with Gasteiger partial charge < -0.3 is 5.32 Å². The van der Waals surface area contributed by atoms with Gasteiger partial charge in [-0.1, -0.05) is 24.3 Å². The van der Waals surface area contributed by atoms with Crippen LogP contribution in [0.25, 0.3) is 0 Å². The second-order valence-corrected chi connectivity index (χ2v) is 4.24. The molecule has 1 amide bonds. The van der Waals surface area contributed by atoms with Crippen LogP contribution in [0, 0.1) is 6.92 Å². The van der Waals surface area contributed by atoms with Crippen molar-refractivity contribution in [1.82, 2.24) is 5.32 Å². The first-order chi connectivity index (χ1) is 7.11. The van der Waals surface area contributed by atoms with Crippen molar-refractivity contribution >= 4 is 17.5 Å². The van der Waals surface area contributed by atoms with Crippen LogP contribution in [0.15, 0.2) is 24.3 Å². The number of amides is 1. The smallest absolute Gasteiger partial charge is 0.237 e. The molecule has 0 aliphatic rings. The van der Waals surface area contributed by atoms with Gasteiger partial charge in [-0.2, -0.15) is 0 Å². The number of halogens is 1. The highest BCUT2D eigenvalue weighted by atomic mass is 35.5. The Balaban J connectivity index is 2.38. The average molecular weight is 226 g/mol. The molecule has 0 saturated carbocycles. The molecule has 15 heavy (non-hydrogen) atoms. The Bertz CT molecular complexity index is 336. The van der Waals surface area contributed by atoms with Crippen molar-refractivity contribution in [3.63, 3.8) is 0 Å². The van der Waals surface area contributed by atoms with E-state index in [1.165, 1.54) is 11.1 Å². The fraction of sp³-hybridized carbons (Fsp3) is 0.417. The van der Waals surface area contributed by atoms with Crippen molar-refractivity contribution in [2.45, 2.75) is 25.6 Å². The summed E-state index contributed by atoms with van der Waals surface area (Å²) < 4.78 is 0. The van der Waals surface area contributed by atoms with Crippen LogP contribution in [-0.4, -0.2) is 17.8 Å². The monoisotopic (exact) mass is 225 g/mol. The number of hydrogen-bond acceptors (Lipinski definition) is 1. The highest BCUT2D eigenvalue weighted by Gasteiger charge is 2.07. The molecule has 0 heterocycles. The van der Waals surface area contributed by atoms with Gasteiger partial charge in [-0.3, -0.25) is 4.79 Å². The summed E-state index contributed by atoms with van der Waals surface area (Å²) in [4.78, 5) is 11.2. The van der Waals surface area contributed by atoms with Crippen LogP contribution in [0.5, 0.6) is 0 Å². The topological polar surface area (TPSA) is 29.1 Å². The van der Waals surface area contributed by atoms with E-state index in [1.807, 2.05) is 12.1 Å². The van der Waals surface area contributed by atoms with E-state index in [-0.39, 0.29) is 5.91 Å². The standard InChI is InChI=1S/C12H16ClNO/c1-9-5-3-4-6-11(9)7-8-14-12(15)10(2)13/h3-6,10H,7-8H2,1-2H3,(H,14,15). The van der Waals surface area contributed by atoms with Gasteiger partial charge in [0.05, 0.1) is 0 Å². The summed E-state index contributed by atoms with van der Waals surface area (Å²) in [5.74, 6) is -0.106. The fourth-order valence-electron chi connectivity index (χ4n) is 1.35. The van der Waals surface area contributed by atoms with Crippen molar-refractivity contribution in [3.8, 4) is 0 Å². The normalized spacial score (nSPS) is 12.2. The summed E-state index contributed by atoms with van der Waals surface area (Å²) in [5.41, 5.74) is 2.52. The van der Waals surface area contributed by atoms with Gasteiger partial charge in [0.2, 0.25) is 5.91 Å². The largest absolute Gasteiger partial charge is 0.354 e. The van der Waals surface area contributed by atoms with Crippen LogP contribution in [0.1, 0.15) is 18.1 Å². The minimum absolute atomic E-state index is 0.106. The zero-order valence-electron chi connectivity index (χ0n) is 9.09. The third-order valence-corrected chi connectivity index (χ3v) is 2.51. The molecule has 1 unspecified atom stereocenters. The number of benzene rings is 1. The Labute approximate surface area is 95.6 Å². The van der Waals surface area contributed by atoms with E-state index in [0.717, 1.165) is 6.42 Å². The highest BCUT2D eigenvalue weighted by molar-refractivity contribution is 6.30.